The number of fused-ring (bicyclic) bond motifs is 3. The predicted molar refractivity (Wildman–Crippen MR) is 55.5 cm³/mol. The van der Waals surface area contributed by atoms with Crippen LogP contribution in [0.4, 0.5) is 0 Å². The highest BCUT2D eigenvalue weighted by molar-refractivity contribution is 6.07. The van der Waals surface area contributed by atoms with Gasteiger partial charge in [-0.3, -0.25) is 4.79 Å². The van der Waals surface area contributed by atoms with Crippen LogP contribution in [0, 0.1) is 0 Å². The molecule has 2 heterocycles. The summed E-state index contributed by atoms with van der Waals surface area (Å²) in [6.45, 7) is 0. The molecule has 0 saturated carbocycles. The topological polar surface area (TPSA) is 48.6 Å². The smallest absolute Gasteiger partial charge is 0.166 e. The average molecular weight is 184 g/mol. The lowest BCUT2D eigenvalue weighted by Crippen LogP contribution is -1.74. The summed E-state index contributed by atoms with van der Waals surface area (Å²) in [4.78, 5) is 16.8. The fourth-order valence-corrected chi connectivity index (χ4v) is 1.83. The van der Waals surface area contributed by atoms with Crippen molar-refractivity contribution in [1.29, 1.82) is 0 Å². The second-order valence-corrected chi connectivity index (χ2v) is 3.31. The lowest BCUT2D eigenvalue weighted by Gasteiger charge is -1.91. The molecule has 2 N–H and O–H groups in total. The average Bonchev–Trinajstić information content (AvgIpc) is 2.82. The number of aldehydes is 1. The van der Waals surface area contributed by atoms with Gasteiger partial charge in [-0.05, 0) is 24.3 Å². The van der Waals surface area contributed by atoms with Crippen LogP contribution in [0.3, 0.4) is 0 Å². The molecule has 0 unspecified atom stereocenters. The second-order valence-electron chi connectivity index (χ2n) is 3.31. The number of carbonyl (C=O) groups is 1. The van der Waals surface area contributed by atoms with Gasteiger partial charge in [-0.1, -0.05) is 0 Å². The highest BCUT2D eigenvalue weighted by Gasteiger charge is 2.04. The van der Waals surface area contributed by atoms with E-state index in [4.69, 9.17) is 0 Å². The Morgan fingerprint density at radius 1 is 1.07 bits per heavy atom. The van der Waals surface area contributed by atoms with Crippen molar-refractivity contribution < 1.29 is 4.79 Å². The van der Waals surface area contributed by atoms with Gasteiger partial charge in [0, 0.05) is 28.0 Å². The molecule has 0 amide bonds. The molecule has 3 rings (SSSR count). The van der Waals surface area contributed by atoms with Crippen molar-refractivity contribution >= 4 is 28.1 Å². The molecule has 0 radical (unpaired) electrons. The maximum atomic E-state index is 10.6. The third kappa shape index (κ3) is 0.836. The quantitative estimate of drug-likeness (QED) is 0.561. The molecule has 2 aromatic heterocycles. The first-order valence-electron chi connectivity index (χ1n) is 4.42. The first kappa shape index (κ1) is 7.38. The monoisotopic (exact) mass is 184 g/mol. The van der Waals surface area contributed by atoms with Crippen molar-refractivity contribution in [3.05, 3.63) is 36.2 Å². The molecule has 0 atom stereocenters. The van der Waals surface area contributed by atoms with Gasteiger partial charge in [0.15, 0.2) is 6.29 Å². The number of aromatic nitrogens is 2. The Bertz CT molecular complexity index is 618. The van der Waals surface area contributed by atoms with E-state index in [2.05, 4.69) is 9.97 Å². The largest absolute Gasteiger partial charge is 0.361 e. The Kier molecular flexibility index (Phi) is 1.31. The standard InChI is InChI=1S/C11H8N2O/c14-6-7-5-9-8-3-4-12-10(8)1-2-11(9)13-7/h1-6,12-13H. The molecule has 68 valence electrons. The number of H-pyrrole nitrogens is 2. The number of benzene rings is 1. The maximum Gasteiger partial charge on any atom is 0.166 e. The number of hydrogen-bond acceptors (Lipinski definition) is 1. The minimum Gasteiger partial charge on any atom is -0.361 e. The van der Waals surface area contributed by atoms with E-state index in [1.807, 2.05) is 30.5 Å². The maximum absolute atomic E-state index is 10.6. The van der Waals surface area contributed by atoms with Crippen LogP contribution in [0.1, 0.15) is 10.5 Å². The van der Waals surface area contributed by atoms with Gasteiger partial charge in [0.1, 0.15) is 0 Å². The van der Waals surface area contributed by atoms with Crippen LogP contribution in [0.15, 0.2) is 30.5 Å². The SMILES string of the molecule is O=Cc1cc2c(ccc3[nH]ccc32)[nH]1. The zero-order valence-electron chi connectivity index (χ0n) is 7.37. The third-order valence-corrected chi connectivity index (χ3v) is 2.48. The van der Waals surface area contributed by atoms with Crippen molar-refractivity contribution in [2.45, 2.75) is 0 Å². The summed E-state index contributed by atoms with van der Waals surface area (Å²) in [5, 5.41) is 2.23. The van der Waals surface area contributed by atoms with Crippen LogP contribution in [0.5, 0.6) is 0 Å². The molecule has 0 fully saturated rings. The Balaban J connectivity index is 2.54. The van der Waals surface area contributed by atoms with Crippen molar-refractivity contribution in [2.75, 3.05) is 0 Å². The summed E-state index contributed by atoms with van der Waals surface area (Å²) < 4.78 is 0. The molecule has 0 aliphatic rings. The molecule has 3 nitrogen and oxygen atoms in total. The van der Waals surface area contributed by atoms with E-state index in [1.54, 1.807) is 0 Å². The van der Waals surface area contributed by atoms with E-state index >= 15 is 0 Å². The second kappa shape index (κ2) is 2.48. The van der Waals surface area contributed by atoms with Gasteiger partial charge >= 0.3 is 0 Å². The number of aromatic amines is 2. The molecule has 1 aromatic carbocycles. The summed E-state index contributed by atoms with van der Waals surface area (Å²) in [6, 6.07) is 7.86. The Morgan fingerprint density at radius 3 is 2.79 bits per heavy atom. The van der Waals surface area contributed by atoms with Crippen LogP contribution in [0.2, 0.25) is 0 Å². The number of rotatable bonds is 1. The molecule has 3 aromatic rings. The zero-order chi connectivity index (χ0) is 9.54. The fourth-order valence-electron chi connectivity index (χ4n) is 1.83. The van der Waals surface area contributed by atoms with Crippen molar-refractivity contribution in [1.82, 2.24) is 9.97 Å². The predicted octanol–water partition coefficient (Wildman–Crippen LogP) is 2.46. The lowest BCUT2D eigenvalue weighted by atomic mass is 10.2. The van der Waals surface area contributed by atoms with Gasteiger partial charge in [-0.2, -0.15) is 0 Å². The number of carbonyl (C=O) groups excluding carboxylic acids is 1. The normalized spacial score (nSPS) is 11.1. The highest BCUT2D eigenvalue weighted by atomic mass is 16.1. The van der Waals surface area contributed by atoms with Gasteiger partial charge in [0.25, 0.3) is 0 Å². The summed E-state index contributed by atoms with van der Waals surface area (Å²) in [6.07, 6.45) is 2.73. The van der Waals surface area contributed by atoms with Crippen molar-refractivity contribution in [2.24, 2.45) is 0 Å². The summed E-state index contributed by atoms with van der Waals surface area (Å²) in [5.41, 5.74) is 2.71. The lowest BCUT2D eigenvalue weighted by molar-refractivity contribution is 0.112. The third-order valence-electron chi connectivity index (χ3n) is 2.48. The van der Waals surface area contributed by atoms with Crippen molar-refractivity contribution in [3.63, 3.8) is 0 Å². The van der Waals surface area contributed by atoms with Gasteiger partial charge in [0.2, 0.25) is 0 Å². The van der Waals surface area contributed by atoms with Crippen LogP contribution in [-0.4, -0.2) is 16.3 Å². The molecule has 0 spiro atoms. The minimum atomic E-state index is 0.619. The molecule has 0 aliphatic heterocycles. The van der Waals surface area contributed by atoms with Crippen LogP contribution in [-0.2, 0) is 0 Å². The van der Waals surface area contributed by atoms with Crippen LogP contribution >= 0.6 is 0 Å². The van der Waals surface area contributed by atoms with E-state index in [0.29, 0.717) is 5.69 Å². The van der Waals surface area contributed by atoms with E-state index < -0.39 is 0 Å². The van der Waals surface area contributed by atoms with Gasteiger partial charge in [-0.15, -0.1) is 0 Å². The molecule has 0 saturated heterocycles. The first-order valence-corrected chi connectivity index (χ1v) is 4.42. The van der Waals surface area contributed by atoms with E-state index in [0.717, 1.165) is 28.1 Å². The van der Waals surface area contributed by atoms with Crippen LogP contribution < -0.4 is 0 Å². The Hall–Kier alpha value is -2.03. The highest BCUT2D eigenvalue weighted by Crippen LogP contribution is 2.24. The summed E-state index contributed by atoms with van der Waals surface area (Å²) in [5.74, 6) is 0. The molecule has 0 aliphatic carbocycles. The van der Waals surface area contributed by atoms with Crippen LogP contribution in [0.25, 0.3) is 21.8 Å². The first-order chi connectivity index (χ1) is 6.88. The number of nitrogens with one attached hydrogen (secondary N) is 2. The van der Waals surface area contributed by atoms with E-state index in [-0.39, 0.29) is 0 Å². The van der Waals surface area contributed by atoms with Gasteiger partial charge < -0.3 is 9.97 Å². The summed E-state index contributed by atoms with van der Waals surface area (Å²) >= 11 is 0. The molecular weight excluding hydrogens is 176 g/mol. The fraction of sp³-hybridized carbons (Fsp3) is 0. The number of hydrogen-bond donors (Lipinski definition) is 2. The summed E-state index contributed by atoms with van der Waals surface area (Å²) in [7, 11) is 0. The molecule has 14 heavy (non-hydrogen) atoms. The molecular formula is C11H8N2O. The van der Waals surface area contributed by atoms with Crippen molar-refractivity contribution in [3.8, 4) is 0 Å². The van der Waals surface area contributed by atoms with Gasteiger partial charge in [0.05, 0.1) is 5.69 Å². The molecule has 0 bridgehead atoms. The van der Waals surface area contributed by atoms with E-state index in [1.165, 1.54) is 0 Å². The minimum absolute atomic E-state index is 0.619. The Labute approximate surface area is 79.7 Å². The van der Waals surface area contributed by atoms with Gasteiger partial charge in [-0.25, -0.2) is 0 Å². The molecule has 3 heteroatoms. The van der Waals surface area contributed by atoms with E-state index in [9.17, 15) is 4.79 Å². The zero-order valence-corrected chi connectivity index (χ0v) is 7.37. The Morgan fingerprint density at radius 2 is 1.93 bits per heavy atom.